The molecule has 15 heavy (non-hydrogen) atoms. The predicted octanol–water partition coefficient (Wildman–Crippen LogP) is 2.90. The van der Waals surface area contributed by atoms with Crippen LogP contribution in [-0.4, -0.2) is 12.9 Å². The van der Waals surface area contributed by atoms with E-state index in [-0.39, 0.29) is 5.78 Å². The third kappa shape index (κ3) is 2.48. The van der Waals surface area contributed by atoms with Crippen molar-refractivity contribution < 1.29 is 9.53 Å². The molecule has 0 radical (unpaired) electrons. The lowest BCUT2D eigenvalue weighted by Gasteiger charge is -2.06. The zero-order valence-corrected chi connectivity index (χ0v) is 9.21. The molecule has 0 N–H and O–H groups in total. The summed E-state index contributed by atoms with van der Waals surface area (Å²) in [6.07, 6.45) is 0. The number of halogens is 1. The molecule has 78 valence electrons. The van der Waals surface area contributed by atoms with Crippen molar-refractivity contribution in [2.45, 2.75) is 13.0 Å². The van der Waals surface area contributed by atoms with Crippen molar-refractivity contribution in [3.05, 3.63) is 40.2 Å². The summed E-state index contributed by atoms with van der Waals surface area (Å²) in [6.45, 7) is 8.32. The quantitative estimate of drug-likeness (QED) is 0.738. The van der Waals surface area contributed by atoms with Crippen LogP contribution in [0.1, 0.15) is 18.5 Å². The summed E-state index contributed by atoms with van der Waals surface area (Å²) in [5, 5.41) is 0.380. The van der Waals surface area contributed by atoms with Crippen molar-refractivity contribution in [2.75, 3.05) is 7.11 Å². The predicted molar refractivity (Wildman–Crippen MR) is 58.0 cm³/mol. The summed E-state index contributed by atoms with van der Waals surface area (Å²) in [5.74, 6) is 0.396. The topological polar surface area (TPSA) is 30.7 Å². The van der Waals surface area contributed by atoms with E-state index in [0.29, 0.717) is 16.3 Å². The fourth-order valence-corrected chi connectivity index (χ4v) is 1.51. The Kier molecular flexibility index (Phi) is 3.70. The van der Waals surface area contributed by atoms with Gasteiger partial charge >= 0.3 is 6.04 Å². The molecule has 0 bridgehead atoms. The number of ketones is 1. The molecule has 1 unspecified atom stereocenters. The Bertz CT molecular complexity index is 423. The zero-order chi connectivity index (χ0) is 11.4. The molecule has 0 fully saturated rings. The highest BCUT2D eigenvalue weighted by Crippen LogP contribution is 2.29. The van der Waals surface area contributed by atoms with Gasteiger partial charge < -0.3 is 4.74 Å². The summed E-state index contributed by atoms with van der Waals surface area (Å²) < 4.78 is 4.98. The van der Waals surface area contributed by atoms with Crippen molar-refractivity contribution >= 4 is 17.4 Å². The minimum absolute atomic E-state index is 0.211. The van der Waals surface area contributed by atoms with E-state index in [1.165, 1.54) is 14.0 Å². The number of hydrogen-bond donors (Lipinski definition) is 0. The normalized spacial score (nSPS) is 11.6. The maximum Gasteiger partial charge on any atom is 0.307 e. The Hall–Kier alpha value is -1.53. The first-order valence-corrected chi connectivity index (χ1v) is 4.68. The molecule has 1 aromatic carbocycles. The molecular weight excluding hydrogens is 214 g/mol. The van der Waals surface area contributed by atoms with Crippen LogP contribution in [-0.2, 0) is 4.79 Å². The standard InChI is InChI=1S/C11H10ClNO2/c1-7(14)11(13-2)9-5-4-8(15-3)6-10(9)12/h4-6,11H,1,3H3. The third-order valence-electron chi connectivity index (χ3n) is 2.02. The Labute approximate surface area is 93.4 Å². The second-order valence-electron chi connectivity index (χ2n) is 3.03. The van der Waals surface area contributed by atoms with Gasteiger partial charge in [0.15, 0.2) is 0 Å². The van der Waals surface area contributed by atoms with Gasteiger partial charge in [-0.3, -0.25) is 9.64 Å². The van der Waals surface area contributed by atoms with Gasteiger partial charge in [-0.25, -0.2) is 6.57 Å². The van der Waals surface area contributed by atoms with E-state index >= 15 is 0 Å². The molecule has 0 saturated heterocycles. The van der Waals surface area contributed by atoms with E-state index in [9.17, 15) is 4.79 Å². The van der Waals surface area contributed by atoms with Gasteiger partial charge in [-0.05, 0) is 18.2 Å². The van der Waals surface area contributed by atoms with E-state index in [2.05, 4.69) is 4.85 Å². The van der Waals surface area contributed by atoms with Crippen molar-refractivity contribution in [2.24, 2.45) is 0 Å². The monoisotopic (exact) mass is 223 g/mol. The molecule has 0 aromatic heterocycles. The summed E-state index contributed by atoms with van der Waals surface area (Å²) in [7, 11) is 1.53. The number of nitrogens with zero attached hydrogens (tertiary/aromatic N) is 1. The van der Waals surface area contributed by atoms with Crippen LogP contribution in [0.25, 0.3) is 4.85 Å². The molecule has 1 atom stereocenters. The molecule has 0 aliphatic rings. The van der Waals surface area contributed by atoms with Crippen LogP contribution in [0.2, 0.25) is 5.02 Å². The van der Waals surface area contributed by atoms with Gasteiger partial charge in [-0.15, -0.1) is 0 Å². The molecule has 1 aromatic rings. The molecule has 0 saturated carbocycles. The lowest BCUT2D eigenvalue weighted by molar-refractivity contribution is -0.117. The number of ether oxygens (including phenoxy) is 1. The summed E-state index contributed by atoms with van der Waals surface area (Å²) in [5.41, 5.74) is 0.528. The first-order chi connectivity index (χ1) is 7.10. The highest BCUT2D eigenvalue weighted by Gasteiger charge is 2.24. The van der Waals surface area contributed by atoms with Crippen LogP contribution in [0.5, 0.6) is 5.75 Å². The second-order valence-corrected chi connectivity index (χ2v) is 3.44. The summed E-state index contributed by atoms with van der Waals surface area (Å²) >= 11 is 5.95. The highest BCUT2D eigenvalue weighted by molar-refractivity contribution is 6.31. The number of benzene rings is 1. The molecular formula is C11H10ClNO2. The van der Waals surface area contributed by atoms with Crippen molar-refractivity contribution in [1.29, 1.82) is 0 Å². The van der Waals surface area contributed by atoms with Crippen LogP contribution in [0, 0.1) is 6.57 Å². The number of hydrogen-bond acceptors (Lipinski definition) is 2. The first kappa shape index (κ1) is 11.5. The van der Waals surface area contributed by atoms with E-state index in [4.69, 9.17) is 22.9 Å². The number of carbonyl (C=O) groups is 1. The minimum Gasteiger partial charge on any atom is -0.497 e. The SMILES string of the molecule is [C-]#[N+]C(C(C)=O)c1ccc(OC)cc1Cl. The minimum atomic E-state index is -0.816. The number of methoxy groups -OCH3 is 1. The van der Waals surface area contributed by atoms with Gasteiger partial charge in [0.25, 0.3) is 0 Å². The third-order valence-corrected chi connectivity index (χ3v) is 2.34. The molecule has 4 heteroatoms. The highest BCUT2D eigenvalue weighted by atomic mass is 35.5. The van der Waals surface area contributed by atoms with Gasteiger partial charge in [0, 0.05) is 6.92 Å². The lowest BCUT2D eigenvalue weighted by atomic mass is 10.0. The Morgan fingerprint density at radius 3 is 2.67 bits per heavy atom. The zero-order valence-electron chi connectivity index (χ0n) is 8.45. The second kappa shape index (κ2) is 4.81. The average Bonchev–Trinajstić information content (AvgIpc) is 2.20. The molecule has 0 aliphatic heterocycles. The van der Waals surface area contributed by atoms with Gasteiger partial charge in [-0.2, -0.15) is 0 Å². The molecule has 1 rings (SSSR count). The van der Waals surface area contributed by atoms with Crippen molar-refractivity contribution in [3.8, 4) is 5.75 Å². The smallest absolute Gasteiger partial charge is 0.307 e. The number of Topliss-reactive ketones (excluding diaryl/α,β-unsaturated/α-hetero) is 1. The van der Waals surface area contributed by atoms with E-state index in [1.807, 2.05) is 0 Å². The molecule has 0 heterocycles. The molecule has 3 nitrogen and oxygen atoms in total. The van der Waals surface area contributed by atoms with Gasteiger partial charge in [0.1, 0.15) is 5.75 Å². The average molecular weight is 224 g/mol. The molecule has 0 spiro atoms. The fraction of sp³-hybridized carbons (Fsp3) is 0.273. The maximum absolute atomic E-state index is 11.2. The van der Waals surface area contributed by atoms with Crippen LogP contribution in [0.4, 0.5) is 0 Å². The number of rotatable bonds is 3. The Morgan fingerprint density at radius 1 is 1.60 bits per heavy atom. The van der Waals surface area contributed by atoms with Crippen molar-refractivity contribution in [1.82, 2.24) is 0 Å². The van der Waals surface area contributed by atoms with Gasteiger partial charge in [0.05, 0.1) is 17.7 Å². The van der Waals surface area contributed by atoms with Gasteiger partial charge in [0.2, 0.25) is 5.78 Å². The van der Waals surface area contributed by atoms with Gasteiger partial charge in [-0.1, -0.05) is 11.6 Å². The largest absolute Gasteiger partial charge is 0.497 e. The maximum atomic E-state index is 11.2. The Balaban J connectivity index is 3.16. The fourth-order valence-electron chi connectivity index (χ4n) is 1.24. The first-order valence-electron chi connectivity index (χ1n) is 4.30. The summed E-state index contributed by atoms with van der Waals surface area (Å²) in [4.78, 5) is 14.4. The number of carbonyl (C=O) groups excluding carboxylic acids is 1. The lowest BCUT2D eigenvalue weighted by Crippen LogP contribution is -2.04. The van der Waals surface area contributed by atoms with E-state index < -0.39 is 6.04 Å². The molecule has 0 amide bonds. The van der Waals surface area contributed by atoms with E-state index in [1.54, 1.807) is 18.2 Å². The van der Waals surface area contributed by atoms with Crippen LogP contribution in [0.15, 0.2) is 18.2 Å². The van der Waals surface area contributed by atoms with Crippen LogP contribution in [0.3, 0.4) is 0 Å². The Morgan fingerprint density at radius 2 is 2.27 bits per heavy atom. The summed E-state index contributed by atoms with van der Waals surface area (Å²) in [6, 6.07) is 4.11. The van der Waals surface area contributed by atoms with Crippen LogP contribution >= 0.6 is 11.6 Å². The van der Waals surface area contributed by atoms with E-state index in [0.717, 1.165) is 0 Å². The van der Waals surface area contributed by atoms with Crippen molar-refractivity contribution in [3.63, 3.8) is 0 Å². The van der Waals surface area contributed by atoms with Crippen LogP contribution < -0.4 is 4.74 Å². The molecule has 0 aliphatic carbocycles.